The molecule has 0 amide bonds. The SMILES string of the molecule is COc1cccc(N2CCN(c3cc(-n4cncn4)ncn3)CC2)c1. The van der Waals surface area contributed by atoms with Gasteiger partial charge in [-0.15, -0.1) is 0 Å². The van der Waals surface area contributed by atoms with E-state index in [4.69, 9.17) is 4.74 Å². The van der Waals surface area contributed by atoms with E-state index in [2.05, 4.69) is 42.0 Å². The Kier molecular flexibility index (Phi) is 4.16. The van der Waals surface area contributed by atoms with Gasteiger partial charge in [-0.25, -0.2) is 19.6 Å². The summed E-state index contributed by atoms with van der Waals surface area (Å²) >= 11 is 0. The summed E-state index contributed by atoms with van der Waals surface area (Å²) < 4.78 is 6.95. The molecule has 0 bridgehead atoms. The molecule has 0 aliphatic carbocycles. The largest absolute Gasteiger partial charge is 0.497 e. The zero-order chi connectivity index (χ0) is 17.1. The summed E-state index contributed by atoms with van der Waals surface area (Å²) in [5, 5.41) is 4.12. The Hall–Kier alpha value is -3.16. The maximum absolute atomic E-state index is 5.32. The van der Waals surface area contributed by atoms with Crippen LogP contribution in [0.2, 0.25) is 0 Å². The van der Waals surface area contributed by atoms with Gasteiger partial charge in [0.25, 0.3) is 0 Å². The van der Waals surface area contributed by atoms with Crippen molar-refractivity contribution in [3.8, 4) is 11.6 Å². The minimum atomic E-state index is 0.720. The molecule has 3 aromatic rings. The van der Waals surface area contributed by atoms with Crippen molar-refractivity contribution in [3.63, 3.8) is 0 Å². The molecule has 25 heavy (non-hydrogen) atoms. The molecule has 8 heteroatoms. The highest BCUT2D eigenvalue weighted by Gasteiger charge is 2.19. The fourth-order valence-corrected chi connectivity index (χ4v) is 2.96. The first-order chi connectivity index (χ1) is 12.3. The fraction of sp³-hybridized carbons (Fsp3) is 0.294. The summed E-state index contributed by atoms with van der Waals surface area (Å²) in [5.41, 5.74) is 1.19. The van der Waals surface area contributed by atoms with Crippen molar-refractivity contribution >= 4 is 11.5 Å². The third-order valence-electron chi connectivity index (χ3n) is 4.31. The maximum Gasteiger partial charge on any atom is 0.160 e. The van der Waals surface area contributed by atoms with Gasteiger partial charge in [0.2, 0.25) is 0 Å². The van der Waals surface area contributed by atoms with Gasteiger partial charge in [0.1, 0.15) is 30.5 Å². The van der Waals surface area contributed by atoms with Gasteiger partial charge in [-0.2, -0.15) is 5.10 Å². The average Bonchev–Trinajstić information content (AvgIpc) is 3.23. The number of anilines is 2. The molecule has 4 rings (SSSR count). The van der Waals surface area contributed by atoms with Crippen LogP contribution in [0.15, 0.2) is 49.3 Å². The monoisotopic (exact) mass is 337 g/mol. The zero-order valence-corrected chi connectivity index (χ0v) is 14.0. The van der Waals surface area contributed by atoms with Crippen LogP contribution in [0.25, 0.3) is 5.82 Å². The van der Waals surface area contributed by atoms with E-state index in [1.807, 2.05) is 18.2 Å². The minimum Gasteiger partial charge on any atom is -0.497 e. The molecule has 0 unspecified atom stereocenters. The molecule has 1 aliphatic rings. The van der Waals surface area contributed by atoms with Crippen molar-refractivity contribution < 1.29 is 4.74 Å². The predicted molar refractivity (Wildman–Crippen MR) is 94.4 cm³/mol. The van der Waals surface area contributed by atoms with E-state index < -0.39 is 0 Å². The van der Waals surface area contributed by atoms with E-state index in [0.29, 0.717) is 0 Å². The predicted octanol–water partition coefficient (Wildman–Crippen LogP) is 1.39. The summed E-state index contributed by atoms with van der Waals surface area (Å²) in [4.78, 5) is 17.3. The summed E-state index contributed by atoms with van der Waals surface area (Å²) in [6.07, 6.45) is 4.70. The van der Waals surface area contributed by atoms with Crippen LogP contribution in [0.1, 0.15) is 0 Å². The van der Waals surface area contributed by atoms with Gasteiger partial charge in [0.15, 0.2) is 5.82 Å². The number of methoxy groups -OCH3 is 1. The normalized spacial score (nSPS) is 14.6. The lowest BCUT2D eigenvalue weighted by Crippen LogP contribution is -2.46. The van der Waals surface area contributed by atoms with Crippen LogP contribution < -0.4 is 14.5 Å². The van der Waals surface area contributed by atoms with E-state index in [1.165, 1.54) is 12.0 Å². The van der Waals surface area contributed by atoms with Gasteiger partial charge in [-0.1, -0.05) is 6.07 Å². The quantitative estimate of drug-likeness (QED) is 0.712. The molecule has 2 aromatic heterocycles. The molecular weight excluding hydrogens is 318 g/mol. The third kappa shape index (κ3) is 3.23. The summed E-state index contributed by atoms with van der Waals surface area (Å²) in [5.74, 6) is 2.51. The first kappa shape index (κ1) is 15.4. The molecule has 0 radical (unpaired) electrons. The Morgan fingerprint density at radius 2 is 1.72 bits per heavy atom. The number of nitrogens with zero attached hydrogens (tertiary/aromatic N) is 7. The van der Waals surface area contributed by atoms with Crippen molar-refractivity contribution in [3.05, 3.63) is 49.3 Å². The molecule has 3 heterocycles. The van der Waals surface area contributed by atoms with Gasteiger partial charge in [0.05, 0.1) is 7.11 Å². The Labute approximate surface area is 145 Å². The van der Waals surface area contributed by atoms with Crippen molar-refractivity contribution in [1.29, 1.82) is 0 Å². The van der Waals surface area contributed by atoms with Crippen molar-refractivity contribution in [1.82, 2.24) is 24.7 Å². The van der Waals surface area contributed by atoms with Crippen LogP contribution in [-0.2, 0) is 0 Å². The van der Waals surface area contributed by atoms with Gasteiger partial charge in [0, 0.05) is 44.0 Å². The first-order valence-corrected chi connectivity index (χ1v) is 8.14. The third-order valence-corrected chi connectivity index (χ3v) is 4.31. The standard InChI is InChI=1S/C17H19N7O/c1-25-15-4-2-3-14(9-15)22-5-7-23(8-6-22)16-10-17(20-12-19-16)24-13-18-11-21-24/h2-4,9-13H,5-8H2,1H3. The highest BCUT2D eigenvalue weighted by Crippen LogP contribution is 2.23. The van der Waals surface area contributed by atoms with Crippen molar-refractivity contribution in [2.45, 2.75) is 0 Å². The number of hydrogen-bond acceptors (Lipinski definition) is 7. The lowest BCUT2D eigenvalue weighted by molar-refractivity contribution is 0.414. The van der Waals surface area contributed by atoms with E-state index in [-0.39, 0.29) is 0 Å². The van der Waals surface area contributed by atoms with Crippen LogP contribution in [-0.4, -0.2) is 58.0 Å². The van der Waals surface area contributed by atoms with Gasteiger partial charge in [-0.05, 0) is 12.1 Å². The highest BCUT2D eigenvalue weighted by molar-refractivity contribution is 5.53. The van der Waals surface area contributed by atoms with Crippen LogP contribution in [0.4, 0.5) is 11.5 Å². The minimum absolute atomic E-state index is 0.720. The van der Waals surface area contributed by atoms with Crippen molar-refractivity contribution in [2.24, 2.45) is 0 Å². The number of hydrogen-bond donors (Lipinski definition) is 0. The van der Waals surface area contributed by atoms with E-state index in [1.54, 1.807) is 24.4 Å². The molecular formula is C17H19N7O. The lowest BCUT2D eigenvalue weighted by atomic mass is 10.2. The molecule has 0 spiro atoms. The molecule has 8 nitrogen and oxygen atoms in total. The fourth-order valence-electron chi connectivity index (χ4n) is 2.96. The molecule has 1 aliphatic heterocycles. The molecule has 0 N–H and O–H groups in total. The van der Waals surface area contributed by atoms with Crippen LogP contribution in [0.5, 0.6) is 5.75 Å². The number of aromatic nitrogens is 5. The molecule has 128 valence electrons. The Bertz CT molecular complexity index is 829. The van der Waals surface area contributed by atoms with Crippen molar-refractivity contribution in [2.75, 3.05) is 43.1 Å². The number of piperazine rings is 1. The molecule has 1 aromatic carbocycles. The number of ether oxygens (including phenoxy) is 1. The van der Waals surface area contributed by atoms with E-state index in [9.17, 15) is 0 Å². The molecule has 0 atom stereocenters. The summed E-state index contributed by atoms with van der Waals surface area (Å²) in [6.45, 7) is 3.64. The second-order valence-electron chi connectivity index (χ2n) is 5.75. The van der Waals surface area contributed by atoms with Gasteiger partial charge in [-0.3, -0.25) is 0 Å². The number of benzene rings is 1. The van der Waals surface area contributed by atoms with Crippen LogP contribution >= 0.6 is 0 Å². The van der Waals surface area contributed by atoms with E-state index >= 15 is 0 Å². The summed E-state index contributed by atoms with van der Waals surface area (Å²) in [7, 11) is 1.69. The maximum atomic E-state index is 5.32. The zero-order valence-electron chi connectivity index (χ0n) is 14.0. The van der Waals surface area contributed by atoms with Crippen LogP contribution in [0, 0.1) is 0 Å². The van der Waals surface area contributed by atoms with E-state index in [0.717, 1.165) is 43.6 Å². The Morgan fingerprint density at radius 3 is 2.48 bits per heavy atom. The highest BCUT2D eigenvalue weighted by atomic mass is 16.5. The average molecular weight is 337 g/mol. The van der Waals surface area contributed by atoms with Crippen LogP contribution in [0.3, 0.4) is 0 Å². The molecule has 1 fully saturated rings. The second-order valence-corrected chi connectivity index (χ2v) is 5.75. The lowest BCUT2D eigenvalue weighted by Gasteiger charge is -2.36. The molecule has 0 saturated carbocycles. The second kappa shape index (κ2) is 6.76. The number of rotatable bonds is 4. The topological polar surface area (TPSA) is 72.2 Å². The Morgan fingerprint density at radius 1 is 0.920 bits per heavy atom. The Balaban J connectivity index is 1.46. The summed E-state index contributed by atoms with van der Waals surface area (Å²) in [6, 6.07) is 10.1. The van der Waals surface area contributed by atoms with Gasteiger partial charge < -0.3 is 14.5 Å². The first-order valence-electron chi connectivity index (χ1n) is 8.14. The smallest absolute Gasteiger partial charge is 0.160 e. The molecule has 1 saturated heterocycles. The van der Waals surface area contributed by atoms with Gasteiger partial charge >= 0.3 is 0 Å².